The van der Waals surface area contributed by atoms with Crippen molar-refractivity contribution in [3.8, 4) is 22.9 Å². The number of methoxy groups -OCH3 is 2. The van der Waals surface area contributed by atoms with Crippen LogP contribution in [0.3, 0.4) is 0 Å². The highest BCUT2D eigenvalue weighted by molar-refractivity contribution is 5.60. The molecule has 2 aromatic rings. The fourth-order valence-electron chi connectivity index (χ4n) is 2.12. The highest BCUT2D eigenvalue weighted by atomic mass is 16.5. The van der Waals surface area contributed by atoms with E-state index in [0.717, 1.165) is 17.7 Å². The molecule has 1 aromatic heterocycles. The van der Waals surface area contributed by atoms with Gasteiger partial charge in [-0.1, -0.05) is 0 Å². The summed E-state index contributed by atoms with van der Waals surface area (Å²) in [6.07, 6.45) is 6.30. The van der Waals surface area contributed by atoms with E-state index in [1.165, 1.54) is 12.8 Å². The standard InChI is InChI=1S/C16H19N3O2/c1-20-14-6-3-12(7-15(14)21-2)16-18-9-11(10-19-16)8-17-13-4-5-13/h3,6-7,9-10,13,17H,4-5,8H2,1-2H3. The van der Waals surface area contributed by atoms with Gasteiger partial charge in [-0.3, -0.25) is 0 Å². The second-order valence-corrected chi connectivity index (χ2v) is 5.14. The van der Waals surface area contributed by atoms with E-state index in [-0.39, 0.29) is 0 Å². The minimum Gasteiger partial charge on any atom is -0.493 e. The molecule has 1 fully saturated rings. The molecule has 0 unspecified atom stereocenters. The third-order valence-electron chi connectivity index (χ3n) is 3.52. The molecule has 1 aromatic carbocycles. The summed E-state index contributed by atoms with van der Waals surface area (Å²) in [6, 6.07) is 6.37. The first kappa shape index (κ1) is 13.8. The predicted octanol–water partition coefficient (Wildman–Crippen LogP) is 2.41. The Bertz CT molecular complexity index is 609. The molecule has 1 saturated carbocycles. The third kappa shape index (κ3) is 3.31. The number of hydrogen-bond donors (Lipinski definition) is 1. The molecule has 0 amide bonds. The molecular weight excluding hydrogens is 266 g/mol. The average molecular weight is 285 g/mol. The van der Waals surface area contributed by atoms with Crippen LogP contribution in [0.15, 0.2) is 30.6 Å². The van der Waals surface area contributed by atoms with Crippen LogP contribution in [-0.2, 0) is 6.54 Å². The van der Waals surface area contributed by atoms with Gasteiger partial charge >= 0.3 is 0 Å². The Morgan fingerprint density at radius 2 is 1.81 bits per heavy atom. The lowest BCUT2D eigenvalue weighted by atomic mass is 10.2. The topological polar surface area (TPSA) is 56.3 Å². The third-order valence-corrected chi connectivity index (χ3v) is 3.52. The molecule has 0 aliphatic heterocycles. The summed E-state index contributed by atoms with van der Waals surface area (Å²) >= 11 is 0. The summed E-state index contributed by atoms with van der Waals surface area (Å²) in [7, 11) is 3.24. The van der Waals surface area contributed by atoms with Crippen LogP contribution in [-0.4, -0.2) is 30.2 Å². The van der Waals surface area contributed by atoms with Crippen molar-refractivity contribution >= 4 is 0 Å². The predicted molar refractivity (Wildman–Crippen MR) is 80.4 cm³/mol. The summed E-state index contributed by atoms with van der Waals surface area (Å²) in [6.45, 7) is 0.830. The van der Waals surface area contributed by atoms with E-state index in [2.05, 4.69) is 15.3 Å². The molecular formula is C16H19N3O2. The van der Waals surface area contributed by atoms with Gasteiger partial charge in [-0.05, 0) is 31.0 Å². The zero-order valence-corrected chi connectivity index (χ0v) is 12.3. The maximum Gasteiger partial charge on any atom is 0.161 e. The lowest BCUT2D eigenvalue weighted by molar-refractivity contribution is 0.355. The first-order chi connectivity index (χ1) is 10.3. The van der Waals surface area contributed by atoms with Gasteiger partial charge in [-0.25, -0.2) is 9.97 Å². The smallest absolute Gasteiger partial charge is 0.161 e. The van der Waals surface area contributed by atoms with Crippen LogP contribution < -0.4 is 14.8 Å². The Kier molecular flexibility index (Phi) is 4.01. The molecule has 0 saturated heterocycles. The number of nitrogens with zero attached hydrogens (tertiary/aromatic N) is 2. The summed E-state index contributed by atoms with van der Waals surface area (Å²) in [5.41, 5.74) is 2.01. The van der Waals surface area contributed by atoms with Crippen molar-refractivity contribution in [2.75, 3.05) is 14.2 Å². The summed E-state index contributed by atoms with van der Waals surface area (Å²) in [5, 5.41) is 3.45. The molecule has 110 valence electrons. The number of hydrogen-bond acceptors (Lipinski definition) is 5. The van der Waals surface area contributed by atoms with Crippen molar-refractivity contribution in [2.24, 2.45) is 0 Å². The van der Waals surface area contributed by atoms with Gasteiger partial charge in [0.05, 0.1) is 14.2 Å². The van der Waals surface area contributed by atoms with Gasteiger partial charge in [-0.15, -0.1) is 0 Å². The summed E-state index contributed by atoms with van der Waals surface area (Å²) < 4.78 is 10.5. The normalized spacial score (nSPS) is 14.0. The number of rotatable bonds is 6. The quantitative estimate of drug-likeness (QED) is 0.883. The van der Waals surface area contributed by atoms with Gasteiger partial charge in [0.25, 0.3) is 0 Å². The highest BCUT2D eigenvalue weighted by Crippen LogP contribution is 2.30. The Morgan fingerprint density at radius 3 is 2.43 bits per heavy atom. The SMILES string of the molecule is COc1ccc(-c2ncc(CNC3CC3)cn2)cc1OC. The van der Waals surface area contributed by atoms with E-state index >= 15 is 0 Å². The Labute approximate surface area is 124 Å². The van der Waals surface area contributed by atoms with Crippen LogP contribution in [0.4, 0.5) is 0 Å². The van der Waals surface area contributed by atoms with Crippen molar-refractivity contribution in [3.05, 3.63) is 36.2 Å². The maximum atomic E-state index is 5.30. The van der Waals surface area contributed by atoms with Crippen molar-refractivity contribution < 1.29 is 9.47 Å². The van der Waals surface area contributed by atoms with Gasteiger partial charge < -0.3 is 14.8 Å². The molecule has 0 atom stereocenters. The van der Waals surface area contributed by atoms with E-state index < -0.39 is 0 Å². The largest absolute Gasteiger partial charge is 0.493 e. The van der Waals surface area contributed by atoms with E-state index in [1.54, 1.807) is 14.2 Å². The maximum absolute atomic E-state index is 5.30. The van der Waals surface area contributed by atoms with Crippen LogP contribution >= 0.6 is 0 Å². The number of nitrogens with one attached hydrogen (secondary N) is 1. The second kappa shape index (κ2) is 6.10. The van der Waals surface area contributed by atoms with Crippen molar-refractivity contribution in [2.45, 2.75) is 25.4 Å². The van der Waals surface area contributed by atoms with Crippen LogP contribution in [0.25, 0.3) is 11.4 Å². The molecule has 1 heterocycles. The van der Waals surface area contributed by atoms with Gasteiger partial charge in [0.1, 0.15) is 0 Å². The summed E-state index contributed by atoms with van der Waals surface area (Å²) in [4.78, 5) is 8.86. The molecule has 0 spiro atoms. The van der Waals surface area contributed by atoms with Gasteiger partial charge in [-0.2, -0.15) is 0 Å². The first-order valence-electron chi connectivity index (χ1n) is 7.07. The molecule has 5 nitrogen and oxygen atoms in total. The fraction of sp³-hybridized carbons (Fsp3) is 0.375. The minimum absolute atomic E-state index is 0.679. The Balaban J connectivity index is 1.76. The van der Waals surface area contributed by atoms with Crippen LogP contribution in [0.1, 0.15) is 18.4 Å². The van der Waals surface area contributed by atoms with Crippen molar-refractivity contribution in [1.29, 1.82) is 0 Å². The Morgan fingerprint density at radius 1 is 1.10 bits per heavy atom. The van der Waals surface area contributed by atoms with Crippen LogP contribution in [0.5, 0.6) is 11.5 Å². The minimum atomic E-state index is 0.679. The van der Waals surface area contributed by atoms with E-state index in [0.29, 0.717) is 23.4 Å². The monoisotopic (exact) mass is 285 g/mol. The fourth-order valence-corrected chi connectivity index (χ4v) is 2.12. The molecule has 21 heavy (non-hydrogen) atoms. The van der Waals surface area contributed by atoms with Gasteiger partial charge in [0, 0.05) is 36.1 Å². The molecule has 0 radical (unpaired) electrons. The van der Waals surface area contributed by atoms with E-state index in [4.69, 9.17) is 9.47 Å². The van der Waals surface area contributed by atoms with Crippen molar-refractivity contribution in [1.82, 2.24) is 15.3 Å². The molecule has 1 aliphatic carbocycles. The van der Waals surface area contributed by atoms with Crippen LogP contribution in [0.2, 0.25) is 0 Å². The summed E-state index contributed by atoms with van der Waals surface area (Å²) in [5.74, 6) is 2.07. The highest BCUT2D eigenvalue weighted by Gasteiger charge is 2.20. The van der Waals surface area contributed by atoms with Crippen molar-refractivity contribution in [3.63, 3.8) is 0 Å². The zero-order valence-electron chi connectivity index (χ0n) is 12.3. The number of aromatic nitrogens is 2. The van der Waals surface area contributed by atoms with Crippen LogP contribution in [0, 0.1) is 0 Å². The molecule has 1 aliphatic rings. The average Bonchev–Trinajstić information content (AvgIpc) is 3.37. The molecule has 5 heteroatoms. The van der Waals surface area contributed by atoms with E-state index in [9.17, 15) is 0 Å². The zero-order chi connectivity index (χ0) is 14.7. The molecule has 3 rings (SSSR count). The first-order valence-corrected chi connectivity index (χ1v) is 7.07. The number of ether oxygens (including phenoxy) is 2. The molecule has 0 bridgehead atoms. The van der Waals surface area contributed by atoms with Gasteiger partial charge in [0.2, 0.25) is 0 Å². The lowest BCUT2D eigenvalue weighted by Crippen LogP contribution is -2.15. The second-order valence-electron chi connectivity index (χ2n) is 5.14. The molecule has 1 N–H and O–H groups in total. The number of benzene rings is 1. The van der Waals surface area contributed by atoms with Gasteiger partial charge in [0.15, 0.2) is 17.3 Å². The van der Waals surface area contributed by atoms with E-state index in [1.807, 2.05) is 30.6 Å². The lowest BCUT2D eigenvalue weighted by Gasteiger charge is -2.09. The Hall–Kier alpha value is -2.14.